The third kappa shape index (κ3) is 4.65. The zero-order chi connectivity index (χ0) is 16.1. The fourth-order valence-electron chi connectivity index (χ4n) is 2.12. The summed E-state index contributed by atoms with van der Waals surface area (Å²) in [6.07, 6.45) is 2.18. The molecule has 0 fully saturated rings. The number of hydrogen-bond acceptors (Lipinski definition) is 1. The summed E-state index contributed by atoms with van der Waals surface area (Å²) < 4.78 is 0. The monoisotopic (exact) mass is 356 g/mol. The largest absolute Gasteiger partial charge is 0.0894 e. The van der Waals surface area contributed by atoms with Crippen molar-refractivity contribution in [2.75, 3.05) is 0 Å². The smallest absolute Gasteiger partial charge is 0.0406 e. The second kappa shape index (κ2) is 7.74. The number of thioether (sulfide) groups is 1. The van der Waals surface area contributed by atoms with Gasteiger partial charge in [-0.05, 0) is 53.6 Å². The lowest BCUT2D eigenvalue weighted by Crippen LogP contribution is -1.82. The summed E-state index contributed by atoms with van der Waals surface area (Å²) in [5.41, 5.74) is 2.30. The summed E-state index contributed by atoms with van der Waals surface area (Å²) in [7, 11) is 0. The van der Waals surface area contributed by atoms with Gasteiger partial charge in [0, 0.05) is 19.8 Å². The van der Waals surface area contributed by atoms with Crippen molar-refractivity contribution in [1.29, 1.82) is 0 Å². The molecular formula is C20H14Cl2S. The Hall–Kier alpha value is -1.67. The highest BCUT2D eigenvalue weighted by molar-refractivity contribution is 8.08. The molecule has 23 heavy (non-hydrogen) atoms. The molecular weight excluding hydrogens is 343 g/mol. The first kappa shape index (κ1) is 16.2. The van der Waals surface area contributed by atoms with Crippen molar-refractivity contribution in [2.45, 2.75) is 4.90 Å². The van der Waals surface area contributed by atoms with Crippen LogP contribution in [0, 0.1) is 0 Å². The molecule has 0 spiro atoms. The van der Waals surface area contributed by atoms with Gasteiger partial charge in [-0.3, -0.25) is 0 Å². The number of benzene rings is 3. The van der Waals surface area contributed by atoms with Crippen molar-refractivity contribution < 1.29 is 0 Å². The predicted molar refractivity (Wildman–Crippen MR) is 103 cm³/mol. The van der Waals surface area contributed by atoms with E-state index in [0.717, 1.165) is 25.4 Å². The van der Waals surface area contributed by atoms with E-state index in [0.29, 0.717) is 0 Å². The average Bonchev–Trinajstić information content (AvgIpc) is 2.58. The third-order valence-electron chi connectivity index (χ3n) is 3.27. The maximum absolute atomic E-state index is 6.01. The molecule has 0 saturated heterocycles. The third-order valence-corrected chi connectivity index (χ3v) is 4.85. The molecule has 3 aromatic rings. The number of rotatable bonds is 4. The summed E-state index contributed by atoms with van der Waals surface area (Å²) in [6, 6.07) is 26.1. The number of hydrogen-bond donors (Lipinski definition) is 0. The Morgan fingerprint density at radius 1 is 0.696 bits per heavy atom. The normalized spacial score (nSPS) is 11.5. The fourth-order valence-corrected chi connectivity index (χ4v) is 3.34. The van der Waals surface area contributed by atoms with Crippen LogP contribution in [-0.2, 0) is 0 Å². The highest BCUT2D eigenvalue weighted by Gasteiger charge is 2.05. The molecule has 0 heterocycles. The Balaban J connectivity index is 1.97. The lowest BCUT2D eigenvalue weighted by atomic mass is 10.1. The Bertz CT molecular complexity index is 791. The number of halogens is 2. The van der Waals surface area contributed by atoms with E-state index >= 15 is 0 Å². The van der Waals surface area contributed by atoms with E-state index in [4.69, 9.17) is 23.2 Å². The van der Waals surface area contributed by atoms with Crippen molar-refractivity contribution in [3.05, 3.63) is 100 Å². The van der Waals surface area contributed by atoms with Crippen LogP contribution in [0.5, 0.6) is 0 Å². The van der Waals surface area contributed by atoms with Gasteiger partial charge in [-0.1, -0.05) is 77.4 Å². The minimum Gasteiger partial charge on any atom is -0.0894 e. The SMILES string of the molecule is Clc1ccc(S/C(=C\c2ccccc2)c2ccc(Cl)cc2)cc1. The molecule has 3 rings (SSSR count). The van der Waals surface area contributed by atoms with Crippen molar-refractivity contribution in [3.8, 4) is 0 Å². The highest BCUT2D eigenvalue weighted by atomic mass is 35.5. The Morgan fingerprint density at radius 2 is 1.26 bits per heavy atom. The molecule has 0 aliphatic heterocycles. The molecule has 0 aliphatic rings. The molecule has 0 N–H and O–H groups in total. The van der Waals surface area contributed by atoms with Gasteiger partial charge >= 0.3 is 0 Å². The van der Waals surface area contributed by atoms with Crippen LogP contribution >= 0.6 is 35.0 Å². The van der Waals surface area contributed by atoms with Crippen molar-refractivity contribution in [1.82, 2.24) is 0 Å². The molecule has 0 unspecified atom stereocenters. The second-order valence-corrected chi connectivity index (χ2v) is 6.97. The van der Waals surface area contributed by atoms with Gasteiger partial charge < -0.3 is 0 Å². The lowest BCUT2D eigenvalue weighted by Gasteiger charge is -2.09. The molecule has 0 nitrogen and oxygen atoms in total. The van der Waals surface area contributed by atoms with Crippen LogP contribution in [0.25, 0.3) is 11.0 Å². The van der Waals surface area contributed by atoms with Gasteiger partial charge in [0.15, 0.2) is 0 Å². The van der Waals surface area contributed by atoms with Gasteiger partial charge in [0.25, 0.3) is 0 Å². The minimum atomic E-state index is 0.740. The van der Waals surface area contributed by atoms with Crippen LogP contribution in [-0.4, -0.2) is 0 Å². The zero-order valence-corrected chi connectivity index (χ0v) is 14.6. The Kier molecular flexibility index (Phi) is 5.45. The van der Waals surface area contributed by atoms with Crippen molar-refractivity contribution in [3.63, 3.8) is 0 Å². The van der Waals surface area contributed by atoms with E-state index in [-0.39, 0.29) is 0 Å². The summed E-state index contributed by atoms with van der Waals surface area (Å²) in [6.45, 7) is 0. The van der Waals surface area contributed by atoms with Crippen LogP contribution in [0.2, 0.25) is 10.0 Å². The van der Waals surface area contributed by atoms with Crippen LogP contribution < -0.4 is 0 Å². The van der Waals surface area contributed by atoms with E-state index in [1.807, 2.05) is 66.7 Å². The van der Waals surface area contributed by atoms with Crippen LogP contribution in [0.4, 0.5) is 0 Å². The molecule has 0 atom stereocenters. The molecule has 0 aliphatic carbocycles. The summed E-state index contributed by atoms with van der Waals surface area (Å²) in [5, 5.41) is 1.48. The van der Waals surface area contributed by atoms with Crippen LogP contribution in [0.3, 0.4) is 0 Å². The van der Waals surface area contributed by atoms with Gasteiger partial charge in [0.2, 0.25) is 0 Å². The molecule has 0 radical (unpaired) electrons. The first-order valence-corrected chi connectivity index (χ1v) is 8.74. The van der Waals surface area contributed by atoms with E-state index < -0.39 is 0 Å². The molecule has 3 heteroatoms. The predicted octanol–water partition coefficient (Wildman–Crippen LogP) is 7.28. The standard InChI is InChI=1S/C20H14Cl2S/c21-17-8-6-16(7-9-17)20(14-15-4-2-1-3-5-15)23-19-12-10-18(22)11-13-19/h1-14H/b20-14-. The average molecular weight is 357 g/mol. The van der Waals surface area contributed by atoms with Gasteiger partial charge in [-0.15, -0.1) is 0 Å². The van der Waals surface area contributed by atoms with E-state index in [9.17, 15) is 0 Å². The molecule has 0 aromatic heterocycles. The van der Waals surface area contributed by atoms with Gasteiger partial charge in [0.05, 0.1) is 0 Å². The molecule has 0 bridgehead atoms. The van der Waals surface area contributed by atoms with E-state index in [1.165, 1.54) is 5.56 Å². The topological polar surface area (TPSA) is 0 Å². The molecule has 3 aromatic carbocycles. The summed E-state index contributed by atoms with van der Waals surface area (Å²) in [5.74, 6) is 0. The minimum absolute atomic E-state index is 0.740. The Morgan fingerprint density at radius 3 is 1.87 bits per heavy atom. The van der Waals surface area contributed by atoms with Crippen LogP contribution in [0.1, 0.15) is 11.1 Å². The first-order chi connectivity index (χ1) is 11.2. The highest BCUT2D eigenvalue weighted by Crippen LogP contribution is 2.36. The molecule has 114 valence electrons. The van der Waals surface area contributed by atoms with Crippen molar-refractivity contribution in [2.24, 2.45) is 0 Å². The summed E-state index contributed by atoms with van der Waals surface area (Å²) >= 11 is 13.7. The fraction of sp³-hybridized carbons (Fsp3) is 0. The maximum atomic E-state index is 6.01. The zero-order valence-electron chi connectivity index (χ0n) is 12.2. The molecule has 0 saturated carbocycles. The van der Waals surface area contributed by atoms with Gasteiger partial charge in [-0.2, -0.15) is 0 Å². The van der Waals surface area contributed by atoms with E-state index in [2.05, 4.69) is 18.2 Å². The lowest BCUT2D eigenvalue weighted by molar-refractivity contribution is 1.47. The second-order valence-electron chi connectivity index (χ2n) is 4.98. The summed E-state index contributed by atoms with van der Waals surface area (Å²) in [4.78, 5) is 2.31. The quantitative estimate of drug-likeness (QED) is 0.349. The maximum Gasteiger partial charge on any atom is 0.0406 e. The van der Waals surface area contributed by atoms with Crippen LogP contribution in [0.15, 0.2) is 83.8 Å². The van der Waals surface area contributed by atoms with Gasteiger partial charge in [0.1, 0.15) is 0 Å². The molecule has 0 amide bonds. The first-order valence-electron chi connectivity index (χ1n) is 7.17. The van der Waals surface area contributed by atoms with E-state index in [1.54, 1.807) is 11.8 Å². The Labute approximate surface area is 150 Å². The van der Waals surface area contributed by atoms with Gasteiger partial charge in [-0.25, -0.2) is 0 Å². The van der Waals surface area contributed by atoms with Crippen molar-refractivity contribution >= 4 is 45.9 Å².